The van der Waals surface area contributed by atoms with Crippen LogP contribution in [0.25, 0.3) is 0 Å². The van der Waals surface area contributed by atoms with Gasteiger partial charge in [0.15, 0.2) is 0 Å². The second kappa shape index (κ2) is 3.74. The molecule has 1 aromatic carbocycles. The Labute approximate surface area is 86.5 Å². The summed E-state index contributed by atoms with van der Waals surface area (Å²) < 4.78 is 0. The fourth-order valence-electron chi connectivity index (χ4n) is 2.37. The molecule has 0 radical (unpaired) electrons. The van der Waals surface area contributed by atoms with Crippen molar-refractivity contribution in [2.24, 2.45) is 0 Å². The zero-order valence-corrected chi connectivity index (χ0v) is 9.09. The molecule has 1 fully saturated rings. The number of hydrogen-bond donors (Lipinski definition) is 1. The third-order valence-corrected chi connectivity index (χ3v) is 3.45. The smallest absolute Gasteiger partial charge is 0.0159 e. The molecular weight excluding hydrogens is 170 g/mol. The van der Waals surface area contributed by atoms with E-state index in [-0.39, 0.29) is 5.41 Å². The first-order chi connectivity index (χ1) is 6.71. The zero-order valence-electron chi connectivity index (χ0n) is 9.09. The van der Waals surface area contributed by atoms with E-state index >= 15 is 0 Å². The van der Waals surface area contributed by atoms with Crippen molar-refractivity contribution in [3.05, 3.63) is 35.9 Å². The highest BCUT2D eigenvalue weighted by atomic mass is 15.0. The molecule has 1 nitrogen and oxygen atoms in total. The van der Waals surface area contributed by atoms with Gasteiger partial charge in [0.1, 0.15) is 0 Å². The van der Waals surface area contributed by atoms with Crippen molar-refractivity contribution in [1.82, 2.24) is 5.32 Å². The van der Waals surface area contributed by atoms with Crippen LogP contribution in [0.15, 0.2) is 30.3 Å². The third-order valence-electron chi connectivity index (χ3n) is 3.45. The lowest BCUT2D eigenvalue weighted by Gasteiger charge is -2.32. The summed E-state index contributed by atoms with van der Waals surface area (Å²) in [4.78, 5) is 0. The Kier molecular flexibility index (Phi) is 2.60. The summed E-state index contributed by atoms with van der Waals surface area (Å²) in [5.41, 5.74) is 1.71. The monoisotopic (exact) mass is 189 g/mol. The molecule has 0 bridgehead atoms. The Morgan fingerprint density at radius 1 is 1.21 bits per heavy atom. The summed E-state index contributed by atoms with van der Waals surface area (Å²) in [6, 6.07) is 11.5. The summed E-state index contributed by atoms with van der Waals surface area (Å²) in [5.74, 6) is 0. The average Bonchev–Trinajstić information content (AvgIpc) is 2.72. The predicted octanol–water partition coefficient (Wildman–Crippen LogP) is 2.72. The lowest BCUT2D eigenvalue weighted by molar-refractivity contribution is 0.377. The van der Waals surface area contributed by atoms with Crippen LogP contribution < -0.4 is 5.32 Å². The van der Waals surface area contributed by atoms with Gasteiger partial charge in [0.2, 0.25) is 0 Å². The van der Waals surface area contributed by atoms with E-state index in [4.69, 9.17) is 0 Å². The maximum Gasteiger partial charge on any atom is 0.0159 e. The van der Waals surface area contributed by atoms with Gasteiger partial charge in [-0.2, -0.15) is 0 Å². The van der Waals surface area contributed by atoms with E-state index in [9.17, 15) is 0 Å². The van der Waals surface area contributed by atoms with E-state index in [0.29, 0.717) is 6.04 Å². The van der Waals surface area contributed by atoms with Crippen LogP contribution in [0.3, 0.4) is 0 Å². The molecule has 0 unspecified atom stereocenters. The molecule has 0 aliphatic carbocycles. The first kappa shape index (κ1) is 9.72. The van der Waals surface area contributed by atoms with Gasteiger partial charge in [0.05, 0.1) is 0 Å². The third kappa shape index (κ3) is 1.69. The molecule has 0 aromatic heterocycles. The highest BCUT2D eigenvalue weighted by Gasteiger charge is 2.32. The van der Waals surface area contributed by atoms with Gasteiger partial charge in [0.25, 0.3) is 0 Å². The van der Waals surface area contributed by atoms with E-state index in [1.807, 2.05) is 0 Å². The Morgan fingerprint density at radius 2 is 1.93 bits per heavy atom. The summed E-state index contributed by atoms with van der Waals surface area (Å²) in [6.07, 6.45) is 2.63. The van der Waals surface area contributed by atoms with Crippen molar-refractivity contribution < 1.29 is 0 Å². The standard InChI is InChI=1S/C13H19N/c1-13(2,12-9-6-10-14-12)11-7-4-3-5-8-11/h3-5,7-8,12,14H,6,9-10H2,1-2H3/t12-/m1/s1. The lowest BCUT2D eigenvalue weighted by atomic mass is 9.77. The number of benzene rings is 1. The summed E-state index contributed by atoms with van der Waals surface area (Å²) in [7, 11) is 0. The van der Waals surface area contributed by atoms with Gasteiger partial charge in [0, 0.05) is 11.5 Å². The Balaban J connectivity index is 2.22. The molecule has 1 saturated heterocycles. The van der Waals surface area contributed by atoms with Gasteiger partial charge >= 0.3 is 0 Å². The molecule has 1 heteroatoms. The van der Waals surface area contributed by atoms with Gasteiger partial charge in [-0.05, 0) is 24.9 Å². The topological polar surface area (TPSA) is 12.0 Å². The zero-order chi connectivity index (χ0) is 10.0. The van der Waals surface area contributed by atoms with Crippen LogP contribution in [-0.2, 0) is 5.41 Å². The van der Waals surface area contributed by atoms with Crippen molar-refractivity contribution in [1.29, 1.82) is 0 Å². The van der Waals surface area contributed by atoms with Crippen molar-refractivity contribution >= 4 is 0 Å². The van der Waals surface area contributed by atoms with E-state index in [2.05, 4.69) is 49.5 Å². The molecule has 1 aliphatic heterocycles. The van der Waals surface area contributed by atoms with Crippen LogP contribution in [0, 0.1) is 0 Å². The summed E-state index contributed by atoms with van der Waals surface area (Å²) in [5, 5.41) is 3.60. The number of rotatable bonds is 2. The highest BCUT2D eigenvalue weighted by Crippen LogP contribution is 2.31. The first-order valence-corrected chi connectivity index (χ1v) is 5.50. The van der Waals surface area contributed by atoms with Gasteiger partial charge in [-0.3, -0.25) is 0 Å². The second-order valence-corrected chi connectivity index (χ2v) is 4.74. The normalized spacial score (nSPS) is 22.6. The molecule has 76 valence electrons. The molecule has 1 N–H and O–H groups in total. The molecular formula is C13H19N. The van der Waals surface area contributed by atoms with Crippen LogP contribution in [0.5, 0.6) is 0 Å². The number of hydrogen-bond acceptors (Lipinski definition) is 1. The predicted molar refractivity (Wildman–Crippen MR) is 60.5 cm³/mol. The van der Waals surface area contributed by atoms with Crippen LogP contribution >= 0.6 is 0 Å². The molecule has 0 saturated carbocycles. The van der Waals surface area contributed by atoms with E-state index < -0.39 is 0 Å². The van der Waals surface area contributed by atoms with Crippen LogP contribution in [0.4, 0.5) is 0 Å². The molecule has 1 aliphatic rings. The quantitative estimate of drug-likeness (QED) is 0.754. The molecule has 2 rings (SSSR count). The van der Waals surface area contributed by atoms with Crippen molar-refractivity contribution in [3.8, 4) is 0 Å². The fraction of sp³-hybridized carbons (Fsp3) is 0.538. The molecule has 1 heterocycles. The minimum atomic E-state index is 0.262. The van der Waals surface area contributed by atoms with Gasteiger partial charge < -0.3 is 5.32 Å². The maximum atomic E-state index is 3.60. The van der Waals surface area contributed by atoms with E-state index in [0.717, 1.165) is 0 Å². The van der Waals surface area contributed by atoms with E-state index in [1.165, 1.54) is 24.9 Å². The van der Waals surface area contributed by atoms with E-state index in [1.54, 1.807) is 0 Å². The largest absolute Gasteiger partial charge is 0.313 e. The van der Waals surface area contributed by atoms with Crippen molar-refractivity contribution in [3.63, 3.8) is 0 Å². The minimum Gasteiger partial charge on any atom is -0.313 e. The Morgan fingerprint density at radius 3 is 2.50 bits per heavy atom. The van der Waals surface area contributed by atoms with Crippen molar-refractivity contribution in [2.45, 2.75) is 38.1 Å². The Bertz CT molecular complexity index is 283. The highest BCUT2D eigenvalue weighted by molar-refractivity contribution is 5.26. The molecule has 1 atom stereocenters. The fourth-order valence-corrected chi connectivity index (χ4v) is 2.37. The van der Waals surface area contributed by atoms with Crippen LogP contribution in [0.2, 0.25) is 0 Å². The molecule has 0 amide bonds. The maximum absolute atomic E-state index is 3.60. The second-order valence-electron chi connectivity index (χ2n) is 4.74. The van der Waals surface area contributed by atoms with Gasteiger partial charge in [-0.15, -0.1) is 0 Å². The summed E-state index contributed by atoms with van der Waals surface area (Å²) >= 11 is 0. The van der Waals surface area contributed by atoms with Crippen molar-refractivity contribution in [2.75, 3.05) is 6.54 Å². The molecule has 0 spiro atoms. The van der Waals surface area contributed by atoms with Gasteiger partial charge in [-0.1, -0.05) is 44.2 Å². The van der Waals surface area contributed by atoms with Crippen LogP contribution in [0.1, 0.15) is 32.3 Å². The average molecular weight is 189 g/mol. The van der Waals surface area contributed by atoms with Crippen LogP contribution in [-0.4, -0.2) is 12.6 Å². The number of nitrogens with one attached hydrogen (secondary N) is 1. The molecule has 14 heavy (non-hydrogen) atoms. The SMILES string of the molecule is CC(C)(c1ccccc1)[C@H]1CCCN1. The first-order valence-electron chi connectivity index (χ1n) is 5.50. The Hall–Kier alpha value is -0.820. The minimum absolute atomic E-state index is 0.262. The summed E-state index contributed by atoms with van der Waals surface area (Å²) in [6.45, 7) is 5.86. The lowest BCUT2D eigenvalue weighted by Crippen LogP contribution is -2.40. The van der Waals surface area contributed by atoms with Gasteiger partial charge in [-0.25, -0.2) is 0 Å². The molecule has 1 aromatic rings.